The highest BCUT2D eigenvalue weighted by molar-refractivity contribution is 7.86. The summed E-state index contributed by atoms with van der Waals surface area (Å²) in [5.74, 6) is -2.19. The summed E-state index contributed by atoms with van der Waals surface area (Å²) in [7, 11) is -5.08. The van der Waals surface area contributed by atoms with E-state index in [9.17, 15) is 49.2 Å². The molecule has 0 radical (unpaired) electrons. The lowest BCUT2D eigenvalue weighted by Gasteiger charge is -2.32. The van der Waals surface area contributed by atoms with Crippen molar-refractivity contribution in [1.82, 2.24) is 0 Å². The minimum atomic E-state index is -6.14. The van der Waals surface area contributed by atoms with Crippen LogP contribution in [0.2, 0.25) is 0 Å². The molecule has 0 amide bonds. The lowest BCUT2D eigenvalue weighted by atomic mass is 9.99. The second kappa shape index (κ2) is 8.11. The molecular weight excluding hydrogens is 476 g/mol. The molecule has 2 aromatic rings. The lowest BCUT2D eigenvalue weighted by Crippen LogP contribution is -2.57. The Kier molecular flexibility index (Phi) is 6.38. The van der Waals surface area contributed by atoms with Crippen LogP contribution in [0.25, 0.3) is 10.8 Å². The second-order valence-electron chi connectivity index (χ2n) is 6.39. The van der Waals surface area contributed by atoms with Crippen molar-refractivity contribution in [1.29, 1.82) is 5.26 Å². The average Bonchev–Trinajstić information content (AvgIpc) is 2.63. The van der Waals surface area contributed by atoms with Gasteiger partial charge in [-0.25, -0.2) is 4.79 Å². The first-order valence-corrected chi connectivity index (χ1v) is 9.57. The van der Waals surface area contributed by atoms with Crippen LogP contribution < -0.4 is 0 Å². The van der Waals surface area contributed by atoms with Crippen LogP contribution in [0.3, 0.4) is 0 Å². The number of phenolic OH excluding ortho intramolecular Hbond substituents is 1. The quantitative estimate of drug-likeness (QED) is 0.332. The van der Waals surface area contributed by atoms with Gasteiger partial charge in [0.1, 0.15) is 10.6 Å². The van der Waals surface area contributed by atoms with Gasteiger partial charge in [0.2, 0.25) is 0 Å². The molecule has 3 N–H and O–H groups in total. The first-order valence-electron chi connectivity index (χ1n) is 8.13. The Morgan fingerprint density at radius 3 is 2.06 bits per heavy atom. The van der Waals surface area contributed by atoms with E-state index in [1.165, 1.54) is 0 Å². The standard InChI is InChI=1S/C17H11F6NO7S/c18-16(19,20)15(27,17(21,22)23)1-2-31-14(26)8-4-11-9(7-24)3-10(25)6-12(11)13(5-8)32(28,29)30/h3-6,25,27H,1-2H2,(H,28,29,30). The number of fused-ring (bicyclic) bond motifs is 1. The molecule has 0 saturated carbocycles. The third-order valence-electron chi connectivity index (χ3n) is 4.29. The van der Waals surface area contributed by atoms with Crippen LogP contribution in [0.1, 0.15) is 22.3 Å². The molecule has 174 valence electrons. The summed E-state index contributed by atoms with van der Waals surface area (Å²) in [6, 6.07) is 4.60. The third kappa shape index (κ3) is 4.71. The van der Waals surface area contributed by atoms with Crippen molar-refractivity contribution in [3.8, 4) is 11.8 Å². The first kappa shape index (κ1) is 25.2. The van der Waals surface area contributed by atoms with E-state index in [1.807, 2.05) is 0 Å². The Morgan fingerprint density at radius 2 is 1.59 bits per heavy atom. The summed E-state index contributed by atoms with van der Waals surface area (Å²) >= 11 is 0. The lowest BCUT2D eigenvalue weighted by molar-refractivity contribution is -0.371. The van der Waals surface area contributed by atoms with Gasteiger partial charge >= 0.3 is 18.3 Å². The number of nitrogens with zero attached hydrogens (tertiary/aromatic N) is 1. The Bertz CT molecular complexity index is 1200. The number of hydrogen-bond acceptors (Lipinski definition) is 7. The molecule has 0 saturated heterocycles. The molecule has 2 rings (SSSR count). The van der Waals surface area contributed by atoms with Gasteiger partial charge < -0.3 is 14.9 Å². The molecule has 0 spiro atoms. The molecule has 0 bridgehead atoms. The van der Waals surface area contributed by atoms with Gasteiger partial charge in [-0.3, -0.25) is 4.55 Å². The normalized spacial score (nSPS) is 13.1. The summed E-state index contributed by atoms with van der Waals surface area (Å²) in [4.78, 5) is 11.2. The first-order chi connectivity index (χ1) is 14.4. The van der Waals surface area contributed by atoms with Crippen LogP contribution in [0.5, 0.6) is 5.75 Å². The maximum absolute atomic E-state index is 12.7. The fraction of sp³-hybridized carbons (Fsp3) is 0.294. The largest absolute Gasteiger partial charge is 0.508 e. The van der Waals surface area contributed by atoms with Crippen molar-refractivity contribution < 1.29 is 59.1 Å². The topological polar surface area (TPSA) is 145 Å². The van der Waals surface area contributed by atoms with Gasteiger partial charge in [0, 0.05) is 17.2 Å². The molecule has 0 aliphatic rings. The van der Waals surface area contributed by atoms with Crippen LogP contribution in [0.15, 0.2) is 29.2 Å². The minimum absolute atomic E-state index is 0.297. The Morgan fingerprint density at radius 1 is 1.03 bits per heavy atom. The highest BCUT2D eigenvalue weighted by Gasteiger charge is 2.70. The van der Waals surface area contributed by atoms with Gasteiger partial charge in [0.25, 0.3) is 15.7 Å². The summed E-state index contributed by atoms with van der Waals surface area (Å²) in [5, 5.41) is 27.1. The molecular formula is C17H11F6NO7S. The fourth-order valence-electron chi connectivity index (χ4n) is 2.66. The molecule has 0 aliphatic heterocycles. The van der Waals surface area contributed by atoms with Crippen molar-refractivity contribution in [2.75, 3.05) is 6.61 Å². The Labute approximate surface area is 175 Å². The number of carbonyl (C=O) groups excluding carboxylic acids is 1. The van der Waals surface area contributed by atoms with E-state index in [4.69, 9.17) is 10.4 Å². The number of esters is 1. The number of phenols is 1. The number of ether oxygens (including phenoxy) is 1. The number of rotatable bonds is 5. The summed E-state index contributed by atoms with van der Waals surface area (Å²) in [6.07, 6.45) is -14.4. The monoisotopic (exact) mass is 487 g/mol. The maximum Gasteiger partial charge on any atom is 0.426 e. The molecule has 32 heavy (non-hydrogen) atoms. The minimum Gasteiger partial charge on any atom is -0.508 e. The van der Waals surface area contributed by atoms with Gasteiger partial charge in [-0.05, 0) is 24.3 Å². The maximum atomic E-state index is 12.7. The number of carbonyl (C=O) groups is 1. The van der Waals surface area contributed by atoms with E-state index in [0.29, 0.717) is 6.07 Å². The van der Waals surface area contributed by atoms with Crippen molar-refractivity contribution in [3.05, 3.63) is 35.4 Å². The van der Waals surface area contributed by atoms with Crippen LogP contribution in [0.4, 0.5) is 26.3 Å². The molecule has 0 atom stereocenters. The van der Waals surface area contributed by atoms with Crippen molar-refractivity contribution in [2.24, 2.45) is 0 Å². The van der Waals surface area contributed by atoms with E-state index in [-0.39, 0.29) is 10.9 Å². The summed E-state index contributed by atoms with van der Waals surface area (Å²) in [6.45, 7) is -1.58. The van der Waals surface area contributed by atoms with Crippen LogP contribution in [-0.2, 0) is 14.9 Å². The molecule has 2 aromatic carbocycles. The summed E-state index contributed by atoms with van der Waals surface area (Å²) in [5.41, 5.74) is -6.30. The third-order valence-corrected chi connectivity index (χ3v) is 5.18. The number of aliphatic hydroxyl groups is 1. The highest BCUT2D eigenvalue weighted by atomic mass is 32.2. The molecule has 0 fully saturated rings. The van der Waals surface area contributed by atoms with Crippen molar-refractivity contribution in [2.45, 2.75) is 29.3 Å². The smallest absolute Gasteiger partial charge is 0.426 e. The highest BCUT2D eigenvalue weighted by Crippen LogP contribution is 2.45. The number of benzene rings is 2. The van der Waals surface area contributed by atoms with Gasteiger partial charge in [-0.1, -0.05) is 0 Å². The van der Waals surface area contributed by atoms with E-state index >= 15 is 0 Å². The van der Waals surface area contributed by atoms with Gasteiger partial charge in [-0.15, -0.1) is 0 Å². The molecule has 0 unspecified atom stereocenters. The average molecular weight is 487 g/mol. The van der Waals surface area contributed by atoms with E-state index in [0.717, 1.165) is 18.2 Å². The predicted molar refractivity (Wildman–Crippen MR) is 92.1 cm³/mol. The second-order valence-corrected chi connectivity index (χ2v) is 7.78. The Balaban J connectivity index is 2.45. The summed E-state index contributed by atoms with van der Waals surface area (Å²) < 4.78 is 113. The predicted octanol–water partition coefficient (Wildman–Crippen LogP) is 3.07. The zero-order valence-electron chi connectivity index (χ0n) is 15.3. The molecule has 0 aliphatic carbocycles. The van der Waals surface area contributed by atoms with E-state index < -0.39 is 68.7 Å². The fourth-order valence-corrected chi connectivity index (χ4v) is 3.38. The molecule has 0 aromatic heterocycles. The molecule has 8 nitrogen and oxygen atoms in total. The zero-order chi connectivity index (χ0) is 24.7. The SMILES string of the molecule is N#Cc1cc(O)cc2c(S(=O)(=O)O)cc(C(=O)OCCC(O)(C(F)(F)F)C(F)(F)F)cc12. The van der Waals surface area contributed by atoms with Gasteiger partial charge in [0.05, 0.1) is 23.8 Å². The van der Waals surface area contributed by atoms with Gasteiger partial charge in [0.15, 0.2) is 0 Å². The number of halogens is 6. The van der Waals surface area contributed by atoms with Crippen LogP contribution in [-0.4, -0.2) is 53.7 Å². The number of hydrogen-bond donors (Lipinski definition) is 3. The van der Waals surface area contributed by atoms with Crippen molar-refractivity contribution in [3.63, 3.8) is 0 Å². The van der Waals surface area contributed by atoms with Crippen molar-refractivity contribution >= 4 is 26.9 Å². The zero-order valence-corrected chi connectivity index (χ0v) is 16.1. The van der Waals surface area contributed by atoms with E-state index in [1.54, 1.807) is 6.07 Å². The molecule has 0 heterocycles. The van der Waals surface area contributed by atoms with Gasteiger partial charge in [-0.2, -0.15) is 40.0 Å². The Hall–Kier alpha value is -3.09. The molecule has 15 heteroatoms. The number of nitriles is 1. The van der Waals surface area contributed by atoms with Crippen LogP contribution in [0, 0.1) is 11.3 Å². The number of aromatic hydroxyl groups is 1. The number of alkyl halides is 6. The van der Waals surface area contributed by atoms with Crippen LogP contribution >= 0.6 is 0 Å². The van der Waals surface area contributed by atoms with E-state index in [2.05, 4.69) is 4.74 Å².